The summed E-state index contributed by atoms with van der Waals surface area (Å²) in [5.41, 5.74) is 0.00745. The largest absolute Gasteiger partial charge is 0.418 e. The van der Waals surface area contributed by atoms with Crippen molar-refractivity contribution in [1.82, 2.24) is 4.98 Å². The number of nitriles is 1. The first kappa shape index (κ1) is 21.6. The highest BCUT2D eigenvalue weighted by Gasteiger charge is 2.42. The number of aromatic nitrogens is 1. The Bertz CT molecular complexity index is 938. The number of thioether (sulfide) groups is 1. The molecule has 1 heterocycles. The molecule has 0 saturated heterocycles. The van der Waals surface area contributed by atoms with Gasteiger partial charge in [0.1, 0.15) is 16.9 Å². The highest BCUT2D eigenvalue weighted by molar-refractivity contribution is 7.98. The second kappa shape index (κ2) is 7.98. The van der Waals surface area contributed by atoms with E-state index in [1.54, 1.807) is 18.2 Å². The summed E-state index contributed by atoms with van der Waals surface area (Å²) >= 11 is 1.08. The van der Waals surface area contributed by atoms with E-state index in [9.17, 15) is 22.8 Å². The second-order valence-electron chi connectivity index (χ2n) is 8.42. The Labute approximate surface area is 172 Å². The maximum absolute atomic E-state index is 14.0. The van der Waals surface area contributed by atoms with E-state index in [0.717, 1.165) is 23.7 Å². The first-order valence-corrected chi connectivity index (χ1v) is 10.4. The fraction of sp³-hybridized carbons (Fsp3) is 0.455. The Balaban J connectivity index is 2.03. The second-order valence-corrected chi connectivity index (χ2v) is 9.39. The molecule has 29 heavy (non-hydrogen) atoms. The molecule has 1 aromatic heterocycles. The summed E-state index contributed by atoms with van der Waals surface area (Å²) in [7, 11) is 0. The Morgan fingerprint density at radius 1 is 1.17 bits per heavy atom. The predicted molar refractivity (Wildman–Crippen MR) is 105 cm³/mol. The first-order chi connectivity index (χ1) is 13.5. The molecular weight excluding hydrogens is 400 g/mol. The summed E-state index contributed by atoms with van der Waals surface area (Å²) in [6.45, 7) is 6.09. The SMILES string of the molecule is CC(C)(C)[C@@H]1CCc2nc(SCc3ccc(F)cc3)c(C#N)c(C(F)(F)F)c2C1. The molecule has 0 radical (unpaired) electrons. The topological polar surface area (TPSA) is 36.7 Å². The Hall–Kier alpha value is -2.07. The molecule has 1 atom stereocenters. The summed E-state index contributed by atoms with van der Waals surface area (Å²) in [4.78, 5) is 4.47. The zero-order valence-electron chi connectivity index (χ0n) is 16.5. The third-order valence-corrected chi connectivity index (χ3v) is 6.49. The van der Waals surface area contributed by atoms with Crippen molar-refractivity contribution >= 4 is 11.8 Å². The average Bonchev–Trinajstić information content (AvgIpc) is 2.64. The number of benzene rings is 1. The molecule has 0 fully saturated rings. The van der Waals surface area contributed by atoms with E-state index in [0.29, 0.717) is 17.9 Å². The number of alkyl halides is 3. The Morgan fingerprint density at radius 3 is 2.38 bits per heavy atom. The van der Waals surface area contributed by atoms with Crippen LogP contribution in [0.2, 0.25) is 0 Å². The van der Waals surface area contributed by atoms with Gasteiger partial charge in [0.15, 0.2) is 0 Å². The minimum Gasteiger partial charge on any atom is -0.245 e. The molecule has 1 aliphatic carbocycles. The lowest BCUT2D eigenvalue weighted by atomic mass is 9.70. The van der Waals surface area contributed by atoms with E-state index in [2.05, 4.69) is 4.98 Å². The van der Waals surface area contributed by atoms with Crippen LogP contribution in [0.15, 0.2) is 29.3 Å². The smallest absolute Gasteiger partial charge is 0.245 e. The molecule has 2 aromatic rings. The number of hydrogen-bond donors (Lipinski definition) is 0. The fourth-order valence-electron chi connectivity index (χ4n) is 3.73. The van der Waals surface area contributed by atoms with Gasteiger partial charge in [-0.2, -0.15) is 18.4 Å². The molecule has 0 N–H and O–H groups in total. The molecule has 0 bridgehead atoms. The number of hydrogen-bond acceptors (Lipinski definition) is 3. The molecule has 0 amide bonds. The minimum atomic E-state index is -4.62. The van der Waals surface area contributed by atoms with Gasteiger partial charge >= 0.3 is 6.18 Å². The quantitative estimate of drug-likeness (QED) is 0.415. The van der Waals surface area contributed by atoms with Gasteiger partial charge in [-0.1, -0.05) is 32.9 Å². The predicted octanol–water partition coefficient (Wildman–Crippen LogP) is 6.55. The highest BCUT2D eigenvalue weighted by atomic mass is 32.2. The van der Waals surface area contributed by atoms with Crippen molar-refractivity contribution in [2.75, 3.05) is 0 Å². The van der Waals surface area contributed by atoms with Crippen LogP contribution in [0, 0.1) is 28.5 Å². The van der Waals surface area contributed by atoms with Crippen LogP contribution >= 0.6 is 11.8 Å². The van der Waals surface area contributed by atoms with E-state index in [1.165, 1.54) is 12.1 Å². The molecule has 7 heteroatoms. The van der Waals surface area contributed by atoms with E-state index in [-0.39, 0.29) is 34.2 Å². The summed E-state index contributed by atoms with van der Waals surface area (Å²) in [5, 5.41) is 9.67. The van der Waals surface area contributed by atoms with Crippen molar-refractivity contribution in [3.05, 3.63) is 58.0 Å². The van der Waals surface area contributed by atoms with Gasteiger partial charge in [0.05, 0.1) is 11.1 Å². The van der Waals surface area contributed by atoms with Gasteiger partial charge in [0, 0.05) is 11.4 Å². The zero-order chi connectivity index (χ0) is 21.4. The van der Waals surface area contributed by atoms with E-state index in [1.807, 2.05) is 20.8 Å². The van der Waals surface area contributed by atoms with Gasteiger partial charge in [-0.25, -0.2) is 9.37 Å². The Kier molecular flexibility index (Phi) is 5.96. The monoisotopic (exact) mass is 422 g/mol. The van der Waals surface area contributed by atoms with Crippen LogP contribution in [0.3, 0.4) is 0 Å². The van der Waals surface area contributed by atoms with Crippen molar-refractivity contribution in [3.8, 4) is 6.07 Å². The lowest BCUT2D eigenvalue weighted by molar-refractivity contribution is -0.139. The van der Waals surface area contributed by atoms with Crippen LogP contribution in [0.5, 0.6) is 0 Å². The van der Waals surface area contributed by atoms with Crippen LogP contribution in [-0.4, -0.2) is 4.98 Å². The summed E-state index contributed by atoms with van der Waals surface area (Å²) in [6.07, 6.45) is -3.10. The van der Waals surface area contributed by atoms with E-state index in [4.69, 9.17) is 0 Å². The zero-order valence-corrected chi connectivity index (χ0v) is 17.3. The molecule has 0 aliphatic heterocycles. The van der Waals surface area contributed by atoms with Crippen molar-refractivity contribution in [2.24, 2.45) is 11.3 Å². The van der Waals surface area contributed by atoms with Gasteiger partial charge in [-0.15, -0.1) is 11.8 Å². The standard InChI is InChI=1S/C22H22F4N2S/c1-21(2,3)14-6-9-18-16(10-14)19(22(24,25)26)17(11-27)20(28-18)29-12-13-4-7-15(23)8-5-13/h4-5,7-8,14H,6,9-10,12H2,1-3H3/t14-/m1/s1. The molecule has 0 saturated carbocycles. The van der Waals surface area contributed by atoms with Gasteiger partial charge in [0.25, 0.3) is 0 Å². The summed E-state index contributed by atoms with van der Waals surface area (Å²) in [5.74, 6) is 0.0288. The summed E-state index contributed by atoms with van der Waals surface area (Å²) in [6, 6.07) is 7.51. The Morgan fingerprint density at radius 2 is 1.83 bits per heavy atom. The number of fused-ring (bicyclic) bond motifs is 1. The number of pyridine rings is 1. The maximum Gasteiger partial charge on any atom is 0.418 e. The van der Waals surface area contributed by atoms with Crippen LogP contribution in [0.1, 0.15) is 55.1 Å². The fourth-order valence-corrected chi connectivity index (χ4v) is 4.69. The van der Waals surface area contributed by atoms with E-state index < -0.39 is 17.3 Å². The molecule has 1 aliphatic rings. The van der Waals surface area contributed by atoms with Gasteiger partial charge in [0.2, 0.25) is 0 Å². The van der Waals surface area contributed by atoms with E-state index >= 15 is 0 Å². The van der Waals surface area contributed by atoms with Crippen molar-refractivity contribution in [2.45, 2.75) is 57.0 Å². The van der Waals surface area contributed by atoms with Crippen molar-refractivity contribution < 1.29 is 17.6 Å². The van der Waals surface area contributed by atoms with Gasteiger partial charge < -0.3 is 0 Å². The molecule has 0 spiro atoms. The lowest BCUT2D eigenvalue weighted by Crippen LogP contribution is -2.30. The number of aryl methyl sites for hydroxylation is 1. The van der Waals surface area contributed by atoms with Gasteiger partial charge in [-0.05, 0) is 53.9 Å². The van der Waals surface area contributed by atoms with Gasteiger partial charge in [-0.3, -0.25) is 0 Å². The normalized spacial score (nSPS) is 17.0. The minimum absolute atomic E-state index is 0.0945. The van der Waals surface area contributed by atoms with Crippen molar-refractivity contribution in [3.63, 3.8) is 0 Å². The molecule has 0 unspecified atom stereocenters. The van der Waals surface area contributed by atoms with Crippen LogP contribution < -0.4 is 0 Å². The third kappa shape index (κ3) is 4.75. The first-order valence-electron chi connectivity index (χ1n) is 9.41. The maximum atomic E-state index is 14.0. The number of nitrogens with zero attached hydrogens (tertiary/aromatic N) is 2. The molecule has 3 rings (SSSR count). The third-order valence-electron chi connectivity index (χ3n) is 5.44. The lowest BCUT2D eigenvalue weighted by Gasteiger charge is -2.36. The molecule has 1 aromatic carbocycles. The van der Waals surface area contributed by atoms with Crippen LogP contribution in [0.4, 0.5) is 17.6 Å². The van der Waals surface area contributed by atoms with Crippen LogP contribution in [-0.2, 0) is 24.8 Å². The summed E-state index contributed by atoms with van der Waals surface area (Å²) < 4.78 is 55.1. The molecule has 154 valence electrons. The van der Waals surface area contributed by atoms with Crippen molar-refractivity contribution in [1.29, 1.82) is 5.26 Å². The molecular formula is C22H22F4N2S. The highest BCUT2D eigenvalue weighted by Crippen LogP contribution is 2.45. The van der Waals surface area contributed by atoms with Crippen LogP contribution in [0.25, 0.3) is 0 Å². The average molecular weight is 422 g/mol. The number of halogens is 4. The molecule has 2 nitrogen and oxygen atoms in total. The number of rotatable bonds is 3.